The number of isocyanates is 1. The van der Waals surface area contributed by atoms with Gasteiger partial charge in [-0.1, -0.05) is 20.8 Å². The molecular weight excluding hydrogens is 154 g/mol. The van der Waals surface area contributed by atoms with Crippen molar-refractivity contribution in [2.24, 2.45) is 10.4 Å². The van der Waals surface area contributed by atoms with E-state index in [2.05, 4.69) is 4.99 Å². The highest BCUT2D eigenvalue weighted by atomic mass is 16.1. The van der Waals surface area contributed by atoms with Crippen molar-refractivity contribution in [2.45, 2.75) is 39.2 Å². The molecule has 0 aromatic heterocycles. The van der Waals surface area contributed by atoms with Crippen molar-refractivity contribution in [3.63, 3.8) is 0 Å². The molecule has 0 aliphatic heterocycles. The van der Waals surface area contributed by atoms with Crippen molar-refractivity contribution < 1.29 is 9.59 Å². The molecule has 1 saturated carbocycles. The van der Waals surface area contributed by atoms with Gasteiger partial charge in [0, 0.05) is 12.8 Å². The maximum atomic E-state index is 10.8. The van der Waals surface area contributed by atoms with Crippen LogP contribution in [0.4, 0.5) is 0 Å². The number of aliphatic imine (C=N–C) groups is 1. The van der Waals surface area contributed by atoms with E-state index in [1.54, 1.807) is 6.08 Å². The summed E-state index contributed by atoms with van der Waals surface area (Å²) in [6.45, 7) is 5.96. The summed E-state index contributed by atoms with van der Waals surface area (Å²) in [6.07, 6.45) is 2.35. The number of ketones is 1. The minimum absolute atomic E-state index is 0.127. The Balaban J connectivity index is 2.91. The SMILES string of the molecule is CC(C)(C)C1(N=C=O)CC(=O)C1. The monoisotopic (exact) mass is 167 g/mol. The van der Waals surface area contributed by atoms with Crippen LogP contribution in [0.2, 0.25) is 0 Å². The number of carbonyl (C=O) groups excluding carboxylic acids is 2. The Morgan fingerprint density at radius 2 is 1.92 bits per heavy atom. The second kappa shape index (κ2) is 2.53. The number of Topliss-reactive ketones (excluding diaryl/α,β-unsaturated/α-hetero) is 1. The zero-order valence-corrected chi connectivity index (χ0v) is 7.68. The quantitative estimate of drug-likeness (QED) is 0.438. The van der Waals surface area contributed by atoms with Crippen LogP contribution < -0.4 is 0 Å². The molecule has 12 heavy (non-hydrogen) atoms. The van der Waals surface area contributed by atoms with Crippen molar-refractivity contribution in [2.75, 3.05) is 0 Å². The van der Waals surface area contributed by atoms with Crippen molar-refractivity contribution >= 4 is 11.9 Å². The highest BCUT2D eigenvalue weighted by Gasteiger charge is 2.52. The fourth-order valence-electron chi connectivity index (χ4n) is 1.47. The summed E-state index contributed by atoms with van der Waals surface area (Å²) in [5.41, 5.74) is -0.593. The van der Waals surface area contributed by atoms with Crippen molar-refractivity contribution in [3.8, 4) is 0 Å². The average molecular weight is 167 g/mol. The molecule has 0 aromatic carbocycles. The molecule has 3 nitrogen and oxygen atoms in total. The molecule has 0 saturated heterocycles. The minimum atomic E-state index is -0.466. The molecule has 0 atom stereocenters. The standard InChI is InChI=1S/C9H13NO2/c1-8(2,3)9(10-6-11)4-7(12)5-9/h4-5H2,1-3H3. The lowest BCUT2D eigenvalue weighted by Gasteiger charge is -2.45. The Bertz CT molecular complexity index is 248. The van der Waals surface area contributed by atoms with Gasteiger partial charge in [0.25, 0.3) is 0 Å². The highest BCUT2D eigenvalue weighted by molar-refractivity contribution is 5.88. The molecule has 0 amide bonds. The molecular formula is C9H13NO2. The lowest BCUT2D eigenvalue weighted by Crippen LogP contribution is -2.52. The van der Waals surface area contributed by atoms with E-state index in [1.807, 2.05) is 20.8 Å². The third-order valence-electron chi connectivity index (χ3n) is 2.63. The van der Waals surface area contributed by atoms with Crippen LogP contribution in [0, 0.1) is 5.41 Å². The number of hydrogen-bond donors (Lipinski definition) is 0. The Morgan fingerprint density at radius 1 is 1.42 bits per heavy atom. The Morgan fingerprint density at radius 3 is 2.17 bits per heavy atom. The number of hydrogen-bond acceptors (Lipinski definition) is 3. The van der Waals surface area contributed by atoms with E-state index in [-0.39, 0.29) is 11.2 Å². The van der Waals surface area contributed by atoms with Crippen molar-refractivity contribution in [1.82, 2.24) is 0 Å². The maximum Gasteiger partial charge on any atom is 0.235 e. The molecule has 3 heteroatoms. The molecule has 1 aliphatic carbocycles. The van der Waals surface area contributed by atoms with Gasteiger partial charge < -0.3 is 0 Å². The van der Waals surface area contributed by atoms with Crippen LogP contribution in [0.15, 0.2) is 4.99 Å². The Labute approximate surface area is 71.9 Å². The minimum Gasteiger partial charge on any atom is -0.300 e. The fraction of sp³-hybridized carbons (Fsp3) is 0.778. The first-order valence-electron chi connectivity index (χ1n) is 4.02. The topological polar surface area (TPSA) is 46.5 Å². The summed E-state index contributed by atoms with van der Waals surface area (Å²) in [5, 5.41) is 0. The predicted molar refractivity (Wildman–Crippen MR) is 44.5 cm³/mol. The molecule has 0 heterocycles. The van der Waals surface area contributed by atoms with Crippen molar-refractivity contribution in [1.29, 1.82) is 0 Å². The number of rotatable bonds is 1. The molecule has 1 fully saturated rings. The van der Waals surface area contributed by atoms with Crippen LogP contribution in [0.25, 0.3) is 0 Å². The summed E-state index contributed by atoms with van der Waals surface area (Å²) >= 11 is 0. The smallest absolute Gasteiger partial charge is 0.235 e. The van der Waals surface area contributed by atoms with Gasteiger partial charge in [0.15, 0.2) is 0 Å². The molecule has 0 aromatic rings. The molecule has 66 valence electrons. The molecule has 1 aliphatic rings. The number of nitrogens with zero attached hydrogens (tertiary/aromatic N) is 1. The summed E-state index contributed by atoms with van der Waals surface area (Å²) in [4.78, 5) is 24.8. The second-order valence-corrected chi connectivity index (χ2v) is 4.38. The molecule has 0 bridgehead atoms. The van der Waals surface area contributed by atoms with Gasteiger partial charge in [0.1, 0.15) is 5.78 Å². The van der Waals surface area contributed by atoms with Crippen LogP contribution in [-0.4, -0.2) is 17.4 Å². The Kier molecular flexibility index (Phi) is 1.92. The van der Waals surface area contributed by atoms with E-state index in [0.717, 1.165) is 0 Å². The van der Waals surface area contributed by atoms with E-state index in [1.165, 1.54) is 0 Å². The van der Waals surface area contributed by atoms with E-state index in [9.17, 15) is 9.59 Å². The fourth-order valence-corrected chi connectivity index (χ4v) is 1.47. The average Bonchev–Trinajstić information content (AvgIpc) is 1.81. The van der Waals surface area contributed by atoms with Crippen LogP contribution in [0.3, 0.4) is 0 Å². The third-order valence-corrected chi connectivity index (χ3v) is 2.63. The van der Waals surface area contributed by atoms with Crippen LogP contribution in [-0.2, 0) is 9.59 Å². The maximum absolute atomic E-state index is 10.8. The molecule has 0 spiro atoms. The van der Waals surface area contributed by atoms with Gasteiger partial charge in [0.2, 0.25) is 6.08 Å². The summed E-state index contributed by atoms with van der Waals surface area (Å²) < 4.78 is 0. The van der Waals surface area contributed by atoms with E-state index < -0.39 is 5.54 Å². The molecule has 0 unspecified atom stereocenters. The van der Waals surface area contributed by atoms with Gasteiger partial charge in [0.05, 0.1) is 5.54 Å². The van der Waals surface area contributed by atoms with Gasteiger partial charge in [-0.25, -0.2) is 4.79 Å². The van der Waals surface area contributed by atoms with Crippen LogP contribution in [0.1, 0.15) is 33.6 Å². The highest BCUT2D eigenvalue weighted by Crippen LogP contribution is 2.46. The summed E-state index contributed by atoms with van der Waals surface area (Å²) in [6, 6.07) is 0. The second-order valence-electron chi connectivity index (χ2n) is 4.38. The molecule has 0 N–H and O–H groups in total. The van der Waals surface area contributed by atoms with E-state index >= 15 is 0 Å². The molecule has 0 radical (unpaired) electrons. The lowest BCUT2D eigenvalue weighted by atomic mass is 9.61. The van der Waals surface area contributed by atoms with Gasteiger partial charge in [-0.2, -0.15) is 4.99 Å². The lowest BCUT2D eigenvalue weighted by molar-refractivity contribution is -0.131. The van der Waals surface area contributed by atoms with Gasteiger partial charge >= 0.3 is 0 Å². The van der Waals surface area contributed by atoms with Crippen LogP contribution >= 0.6 is 0 Å². The zero-order chi connectivity index (χ0) is 9.41. The summed E-state index contributed by atoms with van der Waals surface area (Å²) in [7, 11) is 0. The predicted octanol–water partition coefficient (Wildman–Crippen LogP) is 1.47. The van der Waals surface area contributed by atoms with Gasteiger partial charge in [-0.15, -0.1) is 0 Å². The molecule has 1 rings (SSSR count). The first-order chi connectivity index (χ1) is 5.41. The van der Waals surface area contributed by atoms with Crippen LogP contribution in [0.5, 0.6) is 0 Å². The number of carbonyl (C=O) groups is 1. The largest absolute Gasteiger partial charge is 0.300 e. The first-order valence-corrected chi connectivity index (χ1v) is 4.02. The Hall–Kier alpha value is -0.950. The van der Waals surface area contributed by atoms with Crippen molar-refractivity contribution in [3.05, 3.63) is 0 Å². The normalized spacial score (nSPS) is 21.1. The zero-order valence-electron chi connectivity index (χ0n) is 7.68. The van der Waals surface area contributed by atoms with E-state index in [4.69, 9.17) is 0 Å². The van der Waals surface area contributed by atoms with Gasteiger partial charge in [-0.05, 0) is 5.41 Å². The van der Waals surface area contributed by atoms with Gasteiger partial charge in [-0.3, -0.25) is 4.79 Å². The third kappa shape index (κ3) is 1.21. The first kappa shape index (κ1) is 9.14. The summed E-state index contributed by atoms with van der Waals surface area (Å²) in [5.74, 6) is 0.184. The van der Waals surface area contributed by atoms with E-state index in [0.29, 0.717) is 12.8 Å².